The first kappa shape index (κ1) is 22.8. The lowest BCUT2D eigenvalue weighted by atomic mass is 9.76. The summed E-state index contributed by atoms with van der Waals surface area (Å²) in [4.78, 5) is 16.5. The van der Waals surface area contributed by atoms with Gasteiger partial charge in [-0.1, -0.05) is 32.6 Å². The summed E-state index contributed by atoms with van der Waals surface area (Å²) in [6, 6.07) is 2.15. The minimum Gasteiger partial charge on any atom is -0.469 e. The van der Waals surface area contributed by atoms with Crippen molar-refractivity contribution in [1.29, 1.82) is 0 Å². The van der Waals surface area contributed by atoms with Crippen LogP contribution in [0.1, 0.15) is 63.9 Å². The monoisotopic (exact) mass is 427 g/mol. The first-order valence-corrected chi connectivity index (χ1v) is 10.7. The minimum atomic E-state index is -4.45. The van der Waals surface area contributed by atoms with Crippen molar-refractivity contribution in [2.24, 2.45) is 11.8 Å². The fourth-order valence-electron chi connectivity index (χ4n) is 4.15. The highest BCUT2D eigenvalue weighted by Crippen LogP contribution is 2.40. The smallest absolute Gasteiger partial charge is 0.417 e. The Kier molecular flexibility index (Phi) is 7.26. The van der Waals surface area contributed by atoms with Crippen molar-refractivity contribution in [2.75, 3.05) is 6.54 Å². The van der Waals surface area contributed by atoms with E-state index in [-0.39, 0.29) is 11.8 Å². The zero-order valence-electron chi connectivity index (χ0n) is 17.3. The summed E-state index contributed by atoms with van der Waals surface area (Å²) in [6.07, 6.45) is 2.86. The molecule has 2 aliphatic heterocycles. The largest absolute Gasteiger partial charge is 0.469 e. The van der Waals surface area contributed by atoms with Gasteiger partial charge in [0.1, 0.15) is 0 Å². The molecule has 1 aromatic rings. The van der Waals surface area contributed by atoms with Gasteiger partial charge in [0.25, 0.3) is 0 Å². The molecular weight excluding hydrogens is 397 g/mol. The van der Waals surface area contributed by atoms with E-state index in [0.29, 0.717) is 31.7 Å². The third kappa shape index (κ3) is 5.45. The maximum Gasteiger partial charge on any atom is 0.417 e. The molecule has 3 heterocycles. The van der Waals surface area contributed by atoms with Crippen molar-refractivity contribution in [2.45, 2.75) is 76.3 Å². The fourth-order valence-corrected chi connectivity index (χ4v) is 4.15. The third-order valence-electron chi connectivity index (χ3n) is 6.03. The molecule has 8 heteroatoms. The lowest BCUT2D eigenvalue weighted by Crippen LogP contribution is -2.67. The van der Waals surface area contributed by atoms with Gasteiger partial charge in [-0.15, -0.1) is 0 Å². The lowest BCUT2D eigenvalue weighted by molar-refractivity contribution is -0.202. The van der Waals surface area contributed by atoms with Gasteiger partial charge < -0.3 is 9.47 Å². The van der Waals surface area contributed by atoms with Crippen LogP contribution < -0.4 is 10.1 Å². The summed E-state index contributed by atoms with van der Waals surface area (Å²) in [5.41, 5.74) is -1.82. The van der Waals surface area contributed by atoms with Crippen molar-refractivity contribution < 1.29 is 27.4 Å². The van der Waals surface area contributed by atoms with Crippen LogP contribution in [-0.4, -0.2) is 29.3 Å². The first-order chi connectivity index (χ1) is 14.2. The molecule has 2 bridgehead atoms. The van der Waals surface area contributed by atoms with E-state index < -0.39 is 29.5 Å². The van der Waals surface area contributed by atoms with Gasteiger partial charge in [0.2, 0.25) is 11.6 Å². The molecule has 30 heavy (non-hydrogen) atoms. The molecule has 167 valence electrons. The number of rotatable bonds is 9. The van der Waals surface area contributed by atoms with Crippen molar-refractivity contribution in [3.05, 3.63) is 30.8 Å². The van der Waals surface area contributed by atoms with Crippen LogP contribution in [0.15, 0.2) is 18.3 Å². The highest BCUT2D eigenvalue weighted by Gasteiger charge is 2.53. The molecule has 1 unspecified atom stereocenters. The van der Waals surface area contributed by atoms with Crippen molar-refractivity contribution in [3.63, 3.8) is 0 Å². The van der Waals surface area contributed by atoms with E-state index >= 15 is 0 Å². The van der Waals surface area contributed by atoms with Gasteiger partial charge in [0, 0.05) is 25.2 Å². The number of ether oxygens (including phenoxy) is 2. The number of pyridine rings is 1. The number of halogens is 3. The lowest BCUT2D eigenvalue weighted by Gasteiger charge is -2.50. The summed E-state index contributed by atoms with van der Waals surface area (Å²) in [6.45, 7) is 6.80. The Labute approximate surface area is 175 Å². The van der Waals surface area contributed by atoms with E-state index in [9.17, 15) is 18.0 Å². The predicted octanol–water partition coefficient (Wildman–Crippen LogP) is 4.91. The molecule has 1 radical (unpaired) electrons. The molecule has 0 spiro atoms. The van der Waals surface area contributed by atoms with Crippen LogP contribution in [-0.2, 0) is 15.7 Å². The Morgan fingerprint density at radius 1 is 1.37 bits per heavy atom. The van der Waals surface area contributed by atoms with Crippen LogP contribution in [0.25, 0.3) is 0 Å². The molecule has 3 aliphatic rings. The van der Waals surface area contributed by atoms with E-state index in [1.807, 2.05) is 0 Å². The van der Waals surface area contributed by atoms with Gasteiger partial charge >= 0.3 is 12.1 Å². The second-order valence-corrected chi connectivity index (χ2v) is 8.37. The van der Waals surface area contributed by atoms with Crippen LogP contribution in [0.2, 0.25) is 0 Å². The van der Waals surface area contributed by atoms with Crippen LogP contribution in [0.4, 0.5) is 13.2 Å². The number of piperidine rings is 2. The Bertz CT molecular complexity index is 701. The molecule has 3 fully saturated rings. The molecule has 5 nitrogen and oxygen atoms in total. The van der Waals surface area contributed by atoms with Gasteiger partial charge in [-0.3, -0.25) is 10.1 Å². The number of esters is 1. The van der Waals surface area contributed by atoms with Gasteiger partial charge in [0.05, 0.1) is 11.5 Å². The van der Waals surface area contributed by atoms with Crippen LogP contribution in [0.3, 0.4) is 0 Å². The summed E-state index contributed by atoms with van der Waals surface area (Å²) < 4.78 is 50.1. The molecule has 4 atom stereocenters. The maximum atomic E-state index is 12.8. The number of aromatic nitrogens is 1. The Morgan fingerprint density at radius 2 is 2.17 bits per heavy atom. The number of hydrogen-bond donors (Lipinski definition) is 1. The number of hydrogen-bond acceptors (Lipinski definition) is 5. The molecular formula is C22H30F3N2O3. The number of carbonyl (C=O) groups is 1. The van der Waals surface area contributed by atoms with Gasteiger partial charge in [-0.2, -0.15) is 13.2 Å². The Hall–Kier alpha value is -1.83. The molecule has 1 saturated carbocycles. The van der Waals surface area contributed by atoms with E-state index in [1.165, 1.54) is 6.07 Å². The molecule has 0 aromatic carbocycles. The SMILES string of the molecule is [CH2]C(CCCCCC)C(=O)O[C@]12CC[C@@H](CN1)C[C@H]2Oc1ccc(C(F)(F)F)cn1. The third-order valence-corrected chi connectivity index (χ3v) is 6.03. The molecule has 0 amide bonds. The molecule has 4 rings (SSSR count). The van der Waals surface area contributed by atoms with Crippen LogP contribution in [0.5, 0.6) is 5.88 Å². The number of fused-ring (bicyclic) bond motifs is 3. The predicted molar refractivity (Wildman–Crippen MR) is 105 cm³/mol. The molecule has 2 saturated heterocycles. The number of carbonyl (C=O) groups excluding carboxylic acids is 1. The standard InChI is InChI=1S/C22H30F3N2O3/c1-3-4-5-6-7-15(2)20(28)30-21-11-10-16(13-27-21)12-18(21)29-19-9-8-17(14-26-19)22(23,24)25/h8-9,14-16,18,27H,2-7,10-13H2,1H3/t15?,16-,18-,21+/m1/s1. The summed E-state index contributed by atoms with van der Waals surface area (Å²) in [5, 5.41) is 3.30. The molecule has 1 N–H and O–H groups in total. The topological polar surface area (TPSA) is 60.5 Å². The minimum absolute atomic E-state index is 0.0866. The van der Waals surface area contributed by atoms with Gasteiger partial charge in [-0.05, 0) is 38.2 Å². The van der Waals surface area contributed by atoms with Gasteiger partial charge in [-0.25, -0.2) is 4.98 Å². The van der Waals surface area contributed by atoms with Gasteiger partial charge in [0.15, 0.2) is 6.10 Å². The normalized spacial score (nSPS) is 27.0. The van der Waals surface area contributed by atoms with Crippen molar-refractivity contribution >= 4 is 5.97 Å². The molecule has 1 aromatic heterocycles. The highest BCUT2D eigenvalue weighted by molar-refractivity contribution is 5.73. The number of nitrogens with one attached hydrogen (secondary N) is 1. The van der Waals surface area contributed by atoms with E-state index in [1.54, 1.807) is 0 Å². The second kappa shape index (κ2) is 9.54. The summed E-state index contributed by atoms with van der Waals surface area (Å²) in [5.74, 6) is -0.367. The van der Waals surface area contributed by atoms with E-state index in [2.05, 4.69) is 24.1 Å². The number of alkyl halides is 3. The highest BCUT2D eigenvalue weighted by atomic mass is 19.4. The zero-order chi connectivity index (χ0) is 21.8. The number of nitrogens with zero attached hydrogens (tertiary/aromatic N) is 1. The van der Waals surface area contributed by atoms with Crippen molar-refractivity contribution in [3.8, 4) is 5.88 Å². The summed E-state index contributed by atoms with van der Waals surface area (Å²) >= 11 is 0. The van der Waals surface area contributed by atoms with Crippen LogP contribution in [0, 0.1) is 18.8 Å². The second-order valence-electron chi connectivity index (χ2n) is 8.37. The van der Waals surface area contributed by atoms with Crippen molar-refractivity contribution in [1.82, 2.24) is 10.3 Å². The number of unbranched alkanes of at least 4 members (excludes halogenated alkanes) is 3. The fraction of sp³-hybridized carbons (Fsp3) is 0.682. The van der Waals surface area contributed by atoms with E-state index in [4.69, 9.17) is 9.47 Å². The van der Waals surface area contributed by atoms with Crippen LogP contribution >= 0.6 is 0 Å². The summed E-state index contributed by atoms with van der Waals surface area (Å²) in [7, 11) is 0. The van der Waals surface area contributed by atoms with E-state index in [0.717, 1.165) is 44.4 Å². The zero-order valence-corrected chi connectivity index (χ0v) is 17.3. The average Bonchev–Trinajstić information content (AvgIpc) is 2.72. The quantitative estimate of drug-likeness (QED) is 0.448. The first-order valence-electron chi connectivity index (χ1n) is 10.7. The maximum absolute atomic E-state index is 12.8. The average molecular weight is 427 g/mol. The Morgan fingerprint density at radius 3 is 2.77 bits per heavy atom. The molecule has 1 aliphatic carbocycles. The Balaban J connectivity index is 1.64.